The van der Waals surface area contributed by atoms with Crippen LogP contribution in [0.4, 0.5) is 11.4 Å². The van der Waals surface area contributed by atoms with Crippen molar-refractivity contribution in [3.05, 3.63) is 66.6 Å². The number of nitrogens with two attached hydrogens (primary N) is 1. The summed E-state index contributed by atoms with van der Waals surface area (Å²) in [6.45, 7) is 5.84. The van der Waals surface area contributed by atoms with Gasteiger partial charge in [0.15, 0.2) is 0 Å². The van der Waals surface area contributed by atoms with E-state index < -0.39 is 0 Å². The van der Waals surface area contributed by atoms with Crippen LogP contribution < -0.4 is 30.7 Å². The molecule has 1 aliphatic heterocycles. The van der Waals surface area contributed by atoms with Crippen molar-refractivity contribution in [1.82, 2.24) is 20.6 Å². The van der Waals surface area contributed by atoms with Crippen molar-refractivity contribution < 1.29 is 9.47 Å². The minimum Gasteiger partial charge on any atom is -0.497 e. The first kappa shape index (κ1) is 23.5. The van der Waals surface area contributed by atoms with Gasteiger partial charge >= 0.3 is 0 Å². The molecule has 34 heavy (non-hydrogen) atoms. The molecule has 2 heterocycles. The minimum absolute atomic E-state index is 0.184. The lowest BCUT2D eigenvalue weighted by Gasteiger charge is -2.27. The molecule has 0 radical (unpaired) electrons. The molecular weight excluding hydrogens is 428 g/mol. The Morgan fingerprint density at radius 3 is 2.47 bits per heavy atom. The lowest BCUT2D eigenvalue weighted by atomic mass is 10.1. The highest BCUT2D eigenvalue weighted by atomic mass is 16.5. The van der Waals surface area contributed by atoms with E-state index in [-0.39, 0.29) is 6.17 Å². The van der Waals surface area contributed by atoms with Crippen LogP contribution in [0.25, 0.3) is 16.6 Å². The van der Waals surface area contributed by atoms with Crippen molar-refractivity contribution in [2.75, 3.05) is 32.2 Å². The number of hydrogen-bond donors (Lipinski definition) is 3. The fourth-order valence-electron chi connectivity index (χ4n) is 3.78. The molecule has 178 valence electrons. The summed E-state index contributed by atoms with van der Waals surface area (Å²) in [5.74, 6) is 1.47. The topological polar surface area (TPSA) is 97.6 Å². The van der Waals surface area contributed by atoms with Crippen LogP contribution in [0.3, 0.4) is 0 Å². The van der Waals surface area contributed by atoms with Gasteiger partial charge in [-0.05, 0) is 24.3 Å². The summed E-state index contributed by atoms with van der Waals surface area (Å²) in [6.07, 6.45) is 7.34. The molecule has 0 bridgehead atoms. The molecule has 1 aromatic heterocycles. The van der Waals surface area contributed by atoms with E-state index in [2.05, 4.69) is 46.5 Å². The Labute approximate surface area is 200 Å². The van der Waals surface area contributed by atoms with Crippen molar-refractivity contribution in [1.29, 1.82) is 0 Å². The molecule has 1 unspecified atom stereocenters. The van der Waals surface area contributed by atoms with Crippen molar-refractivity contribution in [3.8, 4) is 11.5 Å². The summed E-state index contributed by atoms with van der Waals surface area (Å²) >= 11 is 0. The van der Waals surface area contributed by atoms with E-state index in [9.17, 15) is 0 Å². The second kappa shape index (κ2) is 10.5. The summed E-state index contributed by atoms with van der Waals surface area (Å²) in [4.78, 5) is 11.7. The number of aromatic nitrogens is 2. The third kappa shape index (κ3) is 5.47. The van der Waals surface area contributed by atoms with E-state index in [4.69, 9.17) is 20.2 Å². The Morgan fingerprint density at radius 2 is 1.82 bits per heavy atom. The van der Waals surface area contributed by atoms with Crippen LogP contribution in [0.5, 0.6) is 11.5 Å². The summed E-state index contributed by atoms with van der Waals surface area (Å²) in [5.41, 5.74) is 11.2. The Hall–Kier alpha value is -3.62. The van der Waals surface area contributed by atoms with E-state index >= 15 is 0 Å². The zero-order valence-corrected chi connectivity index (χ0v) is 20.1. The number of rotatable bonds is 9. The Balaban J connectivity index is 1.73. The summed E-state index contributed by atoms with van der Waals surface area (Å²) < 4.78 is 11.0. The zero-order valence-electron chi connectivity index (χ0n) is 20.1. The minimum atomic E-state index is -0.184. The van der Waals surface area contributed by atoms with Crippen LogP contribution in [0, 0.1) is 0 Å². The summed E-state index contributed by atoms with van der Waals surface area (Å²) in [6, 6.07) is 12.4. The van der Waals surface area contributed by atoms with Crippen LogP contribution in [0.1, 0.15) is 19.5 Å². The largest absolute Gasteiger partial charge is 0.497 e. The molecule has 0 amide bonds. The van der Waals surface area contributed by atoms with E-state index in [0.717, 1.165) is 58.3 Å². The van der Waals surface area contributed by atoms with Crippen molar-refractivity contribution >= 4 is 28.0 Å². The second-order valence-corrected chi connectivity index (χ2v) is 8.41. The van der Waals surface area contributed by atoms with Gasteiger partial charge in [-0.25, -0.2) is 4.98 Å². The average molecular weight is 461 g/mol. The Bertz CT molecular complexity index is 1180. The number of nitrogens with zero attached hydrogens (tertiary/aromatic N) is 3. The van der Waals surface area contributed by atoms with E-state index in [1.807, 2.05) is 42.6 Å². The van der Waals surface area contributed by atoms with Gasteiger partial charge in [0, 0.05) is 60.5 Å². The molecule has 8 heteroatoms. The standard InChI is InChI=1S/C26H32N6O2/c1-17(2)28-9-10-32(20-11-21(33-3)14-22(12-20)34-4)19-6-7-23-24(13-19)31-25(16-29-23)18-5-8-26(27)30-15-18/h5-8,11-17,26,28,30H,9-10,27H2,1-4H3. The SMILES string of the molecule is COc1cc(OC)cc(N(CCNC(C)C)c2ccc3ncc(C4=CNC(N)C=C4)nc3c2)c1. The smallest absolute Gasteiger partial charge is 0.124 e. The molecule has 0 fully saturated rings. The predicted octanol–water partition coefficient (Wildman–Crippen LogP) is 3.57. The Kier molecular flexibility index (Phi) is 7.30. The summed E-state index contributed by atoms with van der Waals surface area (Å²) in [5, 5.41) is 6.61. The molecule has 4 rings (SSSR count). The third-order valence-corrected chi connectivity index (χ3v) is 5.58. The highest BCUT2D eigenvalue weighted by Crippen LogP contribution is 2.33. The highest BCUT2D eigenvalue weighted by molar-refractivity contribution is 5.83. The van der Waals surface area contributed by atoms with Gasteiger partial charge in [0.05, 0.1) is 43.3 Å². The average Bonchev–Trinajstić information content (AvgIpc) is 2.86. The fourth-order valence-corrected chi connectivity index (χ4v) is 3.78. The molecule has 4 N–H and O–H groups in total. The monoisotopic (exact) mass is 460 g/mol. The van der Waals surface area contributed by atoms with Crippen LogP contribution in [-0.4, -0.2) is 49.5 Å². The number of anilines is 2. The maximum Gasteiger partial charge on any atom is 0.124 e. The van der Waals surface area contributed by atoms with Gasteiger partial charge < -0.3 is 30.7 Å². The number of benzene rings is 2. The molecule has 2 aromatic carbocycles. The number of hydrogen-bond acceptors (Lipinski definition) is 8. The quantitative estimate of drug-likeness (QED) is 0.446. The molecule has 0 spiro atoms. The van der Waals surface area contributed by atoms with Crippen molar-refractivity contribution in [2.24, 2.45) is 5.73 Å². The van der Waals surface area contributed by atoms with E-state index in [1.54, 1.807) is 20.4 Å². The third-order valence-electron chi connectivity index (χ3n) is 5.58. The first-order chi connectivity index (χ1) is 16.5. The van der Waals surface area contributed by atoms with Crippen molar-refractivity contribution in [2.45, 2.75) is 26.1 Å². The number of dihydropyridines is 1. The predicted molar refractivity (Wildman–Crippen MR) is 137 cm³/mol. The van der Waals surface area contributed by atoms with Gasteiger partial charge in [-0.3, -0.25) is 4.98 Å². The lowest BCUT2D eigenvalue weighted by Crippen LogP contribution is -2.33. The van der Waals surface area contributed by atoms with Gasteiger partial charge in [0.1, 0.15) is 11.5 Å². The van der Waals surface area contributed by atoms with E-state index in [0.29, 0.717) is 6.04 Å². The van der Waals surface area contributed by atoms with Gasteiger partial charge in [0.2, 0.25) is 0 Å². The maximum atomic E-state index is 5.87. The van der Waals surface area contributed by atoms with Gasteiger partial charge in [-0.2, -0.15) is 0 Å². The first-order valence-electron chi connectivity index (χ1n) is 11.4. The van der Waals surface area contributed by atoms with Crippen LogP contribution >= 0.6 is 0 Å². The van der Waals surface area contributed by atoms with Crippen LogP contribution in [-0.2, 0) is 0 Å². The molecule has 0 aliphatic carbocycles. The number of allylic oxidation sites excluding steroid dienone is 2. The number of methoxy groups -OCH3 is 2. The fraction of sp³-hybridized carbons (Fsp3) is 0.308. The first-order valence-corrected chi connectivity index (χ1v) is 11.4. The second-order valence-electron chi connectivity index (χ2n) is 8.41. The van der Waals surface area contributed by atoms with Gasteiger partial charge in [-0.15, -0.1) is 0 Å². The van der Waals surface area contributed by atoms with Crippen LogP contribution in [0.2, 0.25) is 0 Å². The van der Waals surface area contributed by atoms with Gasteiger partial charge in [0.25, 0.3) is 0 Å². The normalized spacial score (nSPS) is 15.2. The molecule has 3 aromatic rings. The summed E-state index contributed by atoms with van der Waals surface area (Å²) in [7, 11) is 3.32. The number of ether oxygens (including phenoxy) is 2. The van der Waals surface area contributed by atoms with Gasteiger partial charge in [-0.1, -0.05) is 19.9 Å². The molecule has 1 atom stereocenters. The molecule has 1 aliphatic rings. The zero-order chi connectivity index (χ0) is 24.1. The maximum absolute atomic E-state index is 5.87. The molecule has 0 saturated heterocycles. The molecular formula is C26H32N6O2. The van der Waals surface area contributed by atoms with Crippen LogP contribution in [0.15, 0.2) is 60.9 Å². The molecule has 0 saturated carbocycles. The number of fused-ring (bicyclic) bond motifs is 1. The highest BCUT2D eigenvalue weighted by Gasteiger charge is 2.15. The Morgan fingerprint density at radius 1 is 1.06 bits per heavy atom. The number of nitrogens with one attached hydrogen (secondary N) is 2. The molecule has 8 nitrogen and oxygen atoms in total. The van der Waals surface area contributed by atoms with Crippen molar-refractivity contribution in [3.63, 3.8) is 0 Å². The van der Waals surface area contributed by atoms with E-state index in [1.165, 1.54) is 0 Å². The lowest BCUT2D eigenvalue weighted by molar-refractivity contribution is 0.394.